The van der Waals surface area contributed by atoms with Crippen molar-refractivity contribution in [3.05, 3.63) is 16.7 Å². The van der Waals surface area contributed by atoms with Crippen LogP contribution in [0.3, 0.4) is 0 Å². The lowest BCUT2D eigenvalue weighted by Gasteiger charge is -2.15. The Kier molecular flexibility index (Phi) is 3.72. The molecule has 0 saturated heterocycles. The fraction of sp³-hybridized carbons (Fsp3) is 0.462. The van der Waals surface area contributed by atoms with Crippen molar-refractivity contribution in [2.75, 3.05) is 5.75 Å². The summed E-state index contributed by atoms with van der Waals surface area (Å²) in [7, 11) is 0. The number of carboxylic acids is 1. The Morgan fingerprint density at radius 3 is 3.05 bits per heavy atom. The molecule has 2 heterocycles. The van der Waals surface area contributed by atoms with E-state index in [1.807, 2.05) is 6.07 Å². The van der Waals surface area contributed by atoms with Crippen LogP contribution in [0.1, 0.15) is 25.8 Å². The molecule has 0 aromatic carbocycles. The normalized spacial score (nSPS) is 16.5. The highest BCUT2D eigenvalue weighted by molar-refractivity contribution is 9.10. The van der Waals surface area contributed by atoms with E-state index in [9.17, 15) is 4.79 Å². The molecule has 1 saturated carbocycles. The van der Waals surface area contributed by atoms with Crippen LogP contribution in [0.4, 0.5) is 0 Å². The summed E-state index contributed by atoms with van der Waals surface area (Å²) in [6.07, 6.45) is 4.20. The Morgan fingerprint density at radius 2 is 2.40 bits per heavy atom. The predicted octanol–water partition coefficient (Wildman–Crippen LogP) is 3.34. The topological polar surface area (TPSA) is 68.0 Å². The maximum atomic E-state index is 10.8. The van der Waals surface area contributed by atoms with Gasteiger partial charge in [0.05, 0.1) is 5.75 Å². The minimum atomic E-state index is -0.832. The highest BCUT2D eigenvalue weighted by Gasteiger charge is 2.32. The molecular weight excluding hydrogens is 342 g/mol. The standard InChI is InChI=1S/C13H14BrN3O2S/c1-7(8-2-3-8)17-12-10(4-9(14)5-15-12)16-13(17)20-6-11(18)19/h4-5,7-8H,2-3,6H2,1H3,(H,18,19). The number of hydrogen-bond donors (Lipinski definition) is 1. The summed E-state index contributed by atoms with van der Waals surface area (Å²) < 4.78 is 2.97. The van der Waals surface area contributed by atoms with E-state index < -0.39 is 5.97 Å². The molecule has 1 unspecified atom stereocenters. The van der Waals surface area contributed by atoms with Gasteiger partial charge < -0.3 is 9.67 Å². The van der Waals surface area contributed by atoms with E-state index in [0.717, 1.165) is 20.8 Å². The molecule has 106 valence electrons. The number of nitrogens with zero attached hydrogens (tertiary/aromatic N) is 3. The Bertz CT molecular complexity index is 669. The molecule has 0 bridgehead atoms. The van der Waals surface area contributed by atoms with Crippen LogP contribution in [0.25, 0.3) is 11.2 Å². The molecule has 1 N–H and O–H groups in total. The first-order valence-corrected chi connectivity index (χ1v) is 8.22. The van der Waals surface area contributed by atoms with E-state index in [2.05, 4.69) is 37.4 Å². The number of halogens is 1. The molecule has 0 radical (unpaired) electrons. The molecule has 2 aromatic rings. The molecule has 1 atom stereocenters. The number of imidazole rings is 1. The molecule has 7 heteroatoms. The number of hydrogen-bond acceptors (Lipinski definition) is 4. The second-order valence-electron chi connectivity index (χ2n) is 5.02. The first-order valence-electron chi connectivity index (χ1n) is 6.44. The van der Waals surface area contributed by atoms with E-state index in [0.29, 0.717) is 12.0 Å². The number of pyridine rings is 1. The van der Waals surface area contributed by atoms with Crippen molar-refractivity contribution >= 4 is 44.8 Å². The number of aromatic nitrogens is 3. The van der Waals surface area contributed by atoms with Crippen LogP contribution < -0.4 is 0 Å². The Morgan fingerprint density at radius 1 is 1.65 bits per heavy atom. The third kappa shape index (κ3) is 2.69. The van der Waals surface area contributed by atoms with Gasteiger partial charge in [-0.15, -0.1) is 0 Å². The minimum absolute atomic E-state index is 0.0158. The number of thioether (sulfide) groups is 1. The zero-order valence-corrected chi connectivity index (χ0v) is 13.3. The summed E-state index contributed by atoms with van der Waals surface area (Å²) in [5.74, 6) is -0.161. The smallest absolute Gasteiger partial charge is 0.313 e. The zero-order chi connectivity index (χ0) is 14.3. The number of carboxylic acid groups (broad SMARTS) is 1. The molecule has 1 aliphatic rings. The van der Waals surface area contributed by atoms with Crippen molar-refractivity contribution in [3.8, 4) is 0 Å². The van der Waals surface area contributed by atoms with Crippen LogP contribution in [0.5, 0.6) is 0 Å². The van der Waals surface area contributed by atoms with Crippen molar-refractivity contribution in [2.45, 2.75) is 31.0 Å². The quantitative estimate of drug-likeness (QED) is 0.833. The summed E-state index contributed by atoms with van der Waals surface area (Å²) in [6.45, 7) is 2.16. The van der Waals surface area contributed by atoms with E-state index in [-0.39, 0.29) is 5.75 Å². The number of carbonyl (C=O) groups is 1. The Balaban J connectivity index is 2.05. The molecule has 0 spiro atoms. The van der Waals surface area contributed by atoms with Gasteiger partial charge in [-0.25, -0.2) is 9.97 Å². The van der Waals surface area contributed by atoms with Crippen LogP contribution in [-0.2, 0) is 4.79 Å². The van der Waals surface area contributed by atoms with Gasteiger partial charge in [-0.1, -0.05) is 11.8 Å². The lowest BCUT2D eigenvalue weighted by atomic mass is 10.2. The molecule has 0 aliphatic heterocycles. The number of aliphatic carboxylic acids is 1. The van der Waals surface area contributed by atoms with Gasteiger partial charge >= 0.3 is 5.97 Å². The van der Waals surface area contributed by atoms with Gasteiger partial charge in [0.15, 0.2) is 10.8 Å². The fourth-order valence-electron chi connectivity index (χ4n) is 2.32. The van der Waals surface area contributed by atoms with Gasteiger partial charge in [-0.3, -0.25) is 4.79 Å². The molecule has 1 aliphatic carbocycles. The zero-order valence-electron chi connectivity index (χ0n) is 10.9. The summed E-state index contributed by atoms with van der Waals surface area (Å²) in [5.41, 5.74) is 1.64. The maximum Gasteiger partial charge on any atom is 0.313 e. The molecule has 20 heavy (non-hydrogen) atoms. The summed E-state index contributed by atoms with van der Waals surface area (Å²) in [4.78, 5) is 19.8. The lowest BCUT2D eigenvalue weighted by molar-refractivity contribution is -0.133. The van der Waals surface area contributed by atoms with E-state index in [1.54, 1.807) is 6.20 Å². The van der Waals surface area contributed by atoms with Crippen molar-refractivity contribution in [1.29, 1.82) is 0 Å². The highest BCUT2D eigenvalue weighted by atomic mass is 79.9. The van der Waals surface area contributed by atoms with Gasteiger partial charge in [0.2, 0.25) is 0 Å². The Labute approximate surface area is 128 Å². The second kappa shape index (κ2) is 5.37. The van der Waals surface area contributed by atoms with Crippen LogP contribution in [0.15, 0.2) is 21.9 Å². The van der Waals surface area contributed by atoms with Crippen LogP contribution in [0, 0.1) is 5.92 Å². The van der Waals surface area contributed by atoms with Crippen LogP contribution >= 0.6 is 27.7 Å². The average Bonchev–Trinajstić information content (AvgIpc) is 3.17. The van der Waals surface area contributed by atoms with Gasteiger partial charge in [0, 0.05) is 16.7 Å². The van der Waals surface area contributed by atoms with Crippen molar-refractivity contribution in [2.24, 2.45) is 5.92 Å². The second-order valence-corrected chi connectivity index (χ2v) is 6.88. The highest BCUT2D eigenvalue weighted by Crippen LogP contribution is 2.42. The number of rotatable bonds is 5. The SMILES string of the molecule is CC(C1CC1)n1c(SCC(=O)O)nc2cc(Br)cnc21. The molecule has 2 aromatic heterocycles. The third-order valence-electron chi connectivity index (χ3n) is 3.50. The molecule has 5 nitrogen and oxygen atoms in total. The van der Waals surface area contributed by atoms with Crippen molar-refractivity contribution < 1.29 is 9.90 Å². The molecule has 1 fully saturated rings. The fourth-order valence-corrected chi connectivity index (χ4v) is 3.45. The first kappa shape index (κ1) is 13.9. The largest absolute Gasteiger partial charge is 0.481 e. The minimum Gasteiger partial charge on any atom is -0.481 e. The summed E-state index contributed by atoms with van der Waals surface area (Å²) in [5, 5.41) is 9.61. The molecule has 0 amide bonds. The third-order valence-corrected chi connectivity index (χ3v) is 4.87. The van der Waals surface area contributed by atoms with Crippen LogP contribution in [0.2, 0.25) is 0 Å². The van der Waals surface area contributed by atoms with Gasteiger partial charge in [0.25, 0.3) is 0 Å². The lowest BCUT2D eigenvalue weighted by Crippen LogP contribution is -2.10. The van der Waals surface area contributed by atoms with Gasteiger partial charge in [0.1, 0.15) is 5.52 Å². The van der Waals surface area contributed by atoms with Crippen LogP contribution in [-0.4, -0.2) is 31.4 Å². The summed E-state index contributed by atoms with van der Waals surface area (Å²) in [6, 6.07) is 2.23. The first-order chi connectivity index (χ1) is 9.56. The van der Waals surface area contributed by atoms with Gasteiger partial charge in [-0.05, 0) is 47.7 Å². The maximum absolute atomic E-state index is 10.8. The monoisotopic (exact) mass is 355 g/mol. The van der Waals surface area contributed by atoms with E-state index >= 15 is 0 Å². The molecular formula is C13H14BrN3O2S. The van der Waals surface area contributed by atoms with Gasteiger partial charge in [-0.2, -0.15) is 0 Å². The van der Waals surface area contributed by atoms with E-state index in [4.69, 9.17) is 5.11 Å². The van der Waals surface area contributed by atoms with E-state index in [1.165, 1.54) is 24.6 Å². The van der Waals surface area contributed by atoms with Crippen molar-refractivity contribution in [1.82, 2.24) is 14.5 Å². The Hall–Kier alpha value is -1.08. The average molecular weight is 356 g/mol. The predicted molar refractivity (Wildman–Crippen MR) is 81.0 cm³/mol. The summed E-state index contributed by atoms with van der Waals surface area (Å²) >= 11 is 4.65. The van der Waals surface area contributed by atoms with Crippen molar-refractivity contribution in [3.63, 3.8) is 0 Å². The molecule has 3 rings (SSSR count). The number of fused-ring (bicyclic) bond motifs is 1.